The molecule has 0 aromatic heterocycles. The van der Waals surface area contributed by atoms with E-state index in [-0.39, 0.29) is 5.78 Å². The van der Waals surface area contributed by atoms with Crippen molar-refractivity contribution in [1.29, 1.82) is 0 Å². The van der Waals surface area contributed by atoms with Crippen LogP contribution in [0.1, 0.15) is 21.5 Å². The van der Waals surface area contributed by atoms with Crippen molar-refractivity contribution in [2.75, 3.05) is 0 Å². The molecule has 2 heteroatoms. The first-order valence-corrected chi connectivity index (χ1v) is 8.35. The van der Waals surface area contributed by atoms with Crippen LogP contribution in [0.5, 0.6) is 0 Å². The predicted molar refractivity (Wildman–Crippen MR) is 105 cm³/mol. The fourth-order valence-electron chi connectivity index (χ4n) is 2.57. The molecule has 0 fully saturated rings. The Bertz CT molecular complexity index is 947. The predicted octanol–water partition coefficient (Wildman–Crippen LogP) is 4.37. The number of aliphatic hydroxyl groups is 1. The highest BCUT2D eigenvalue weighted by atomic mass is 16.3. The second kappa shape index (κ2) is 8.62. The monoisotopic (exact) mass is 338 g/mol. The third kappa shape index (κ3) is 4.36. The standard InChI is InChI=1S/C24H18O2/c25-23(21-16-8-3-9-17-21)24(26)22(20-14-6-2-7-15-20)18-10-13-19-11-4-1-5-12-19/h1-9,11-12,14-18,24,26H/b22-18+. The lowest BCUT2D eigenvalue weighted by atomic mass is 9.94. The largest absolute Gasteiger partial charge is 0.380 e. The zero-order chi connectivity index (χ0) is 18.2. The summed E-state index contributed by atoms with van der Waals surface area (Å²) in [6, 6.07) is 27.7. The molecule has 3 aromatic carbocycles. The van der Waals surface area contributed by atoms with E-state index in [9.17, 15) is 9.90 Å². The Balaban J connectivity index is 1.95. The molecule has 3 rings (SSSR count). The minimum atomic E-state index is -1.27. The SMILES string of the molecule is O=C(c1ccccc1)C(O)/C(=C/C#Cc1ccccc1)c1ccccc1. The van der Waals surface area contributed by atoms with Gasteiger partial charge in [-0.1, -0.05) is 90.7 Å². The molecule has 126 valence electrons. The van der Waals surface area contributed by atoms with Gasteiger partial charge in [-0.2, -0.15) is 0 Å². The molecule has 26 heavy (non-hydrogen) atoms. The van der Waals surface area contributed by atoms with Gasteiger partial charge in [0, 0.05) is 16.7 Å². The summed E-state index contributed by atoms with van der Waals surface area (Å²) in [6.07, 6.45) is 0.346. The zero-order valence-electron chi connectivity index (χ0n) is 14.2. The summed E-state index contributed by atoms with van der Waals surface area (Å²) in [5.41, 5.74) is 2.60. The summed E-state index contributed by atoms with van der Waals surface area (Å²) in [7, 11) is 0. The van der Waals surface area contributed by atoms with E-state index in [1.807, 2.05) is 66.7 Å². The van der Waals surface area contributed by atoms with Crippen LogP contribution in [0.4, 0.5) is 0 Å². The van der Waals surface area contributed by atoms with Crippen LogP contribution in [0.25, 0.3) is 5.57 Å². The van der Waals surface area contributed by atoms with Crippen molar-refractivity contribution in [1.82, 2.24) is 0 Å². The molecule has 2 nitrogen and oxygen atoms in total. The van der Waals surface area contributed by atoms with Crippen LogP contribution < -0.4 is 0 Å². The Kier molecular flexibility index (Phi) is 5.77. The molecular weight excluding hydrogens is 320 g/mol. The second-order valence-corrected chi connectivity index (χ2v) is 5.73. The van der Waals surface area contributed by atoms with Crippen molar-refractivity contribution in [3.63, 3.8) is 0 Å². The van der Waals surface area contributed by atoms with E-state index in [1.165, 1.54) is 0 Å². The zero-order valence-corrected chi connectivity index (χ0v) is 14.2. The first-order valence-electron chi connectivity index (χ1n) is 8.35. The van der Waals surface area contributed by atoms with E-state index < -0.39 is 6.10 Å². The number of aliphatic hydroxyl groups excluding tert-OH is 1. The molecule has 3 aromatic rings. The van der Waals surface area contributed by atoms with Gasteiger partial charge in [-0.3, -0.25) is 4.79 Å². The summed E-state index contributed by atoms with van der Waals surface area (Å²) in [4.78, 5) is 12.7. The molecule has 0 aliphatic carbocycles. The summed E-state index contributed by atoms with van der Waals surface area (Å²) in [6.45, 7) is 0. The van der Waals surface area contributed by atoms with Crippen molar-refractivity contribution in [2.45, 2.75) is 6.10 Å². The van der Waals surface area contributed by atoms with E-state index in [0.29, 0.717) is 11.1 Å². The first-order chi connectivity index (χ1) is 12.8. The molecule has 1 unspecified atom stereocenters. The van der Waals surface area contributed by atoms with Crippen LogP contribution >= 0.6 is 0 Å². The number of hydrogen-bond acceptors (Lipinski definition) is 2. The lowest BCUT2D eigenvalue weighted by Gasteiger charge is -2.14. The van der Waals surface area contributed by atoms with Crippen LogP contribution in [-0.2, 0) is 0 Å². The Morgan fingerprint density at radius 3 is 1.85 bits per heavy atom. The number of ketones is 1. The van der Waals surface area contributed by atoms with Crippen LogP contribution in [0.3, 0.4) is 0 Å². The third-order valence-corrected chi connectivity index (χ3v) is 3.93. The molecule has 0 saturated carbocycles. The third-order valence-electron chi connectivity index (χ3n) is 3.93. The van der Waals surface area contributed by atoms with Gasteiger partial charge in [-0.15, -0.1) is 0 Å². The maximum Gasteiger partial charge on any atom is 0.195 e. The topological polar surface area (TPSA) is 37.3 Å². The first kappa shape index (κ1) is 17.4. The minimum Gasteiger partial charge on any atom is -0.380 e. The highest BCUT2D eigenvalue weighted by molar-refractivity contribution is 6.06. The van der Waals surface area contributed by atoms with Crippen molar-refractivity contribution < 1.29 is 9.90 Å². The smallest absolute Gasteiger partial charge is 0.195 e. The average Bonchev–Trinajstić information content (AvgIpc) is 2.72. The number of rotatable bonds is 4. The van der Waals surface area contributed by atoms with Crippen LogP contribution in [0, 0.1) is 11.8 Å². The fraction of sp³-hybridized carbons (Fsp3) is 0.0417. The number of carbonyl (C=O) groups is 1. The Morgan fingerprint density at radius 1 is 0.769 bits per heavy atom. The number of allylic oxidation sites excluding steroid dienone is 1. The highest BCUT2D eigenvalue weighted by Crippen LogP contribution is 2.21. The van der Waals surface area contributed by atoms with Crippen molar-refractivity contribution in [2.24, 2.45) is 0 Å². The van der Waals surface area contributed by atoms with Crippen LogP contribution in [0.15, 0.2) is 97.1 Å². The van der Waals surface area contributed by atoms with Crippen LogP contribution in [0.2, 0.25) is 0 Å². The maximum atomic E-state index is 12.7. The van der Waals surface area contributed by atoms with Gasteiger partial charge < -0.3 is 5.11 Å². The Labute approximate surface area is 153 Å². The molecule has 0 aliphatic rings. The molecular formula is C24H18O2. The molecule has 0 saturated heterocycles. The van der Waals surface area contributed by atoms with E-state index in [4.69, 9.17) is 0 Å². The molecule has 0 heterocycles. The summed E-state index contributed by atoms with van der Waals surface area (Å²) in [5.74, 6) is 5.65. The number of benzene rings is 3. The van der Waals surface area contributed by atoms with E-state index in [1.54, 1.807) is 30.3 Å². The molecule has 0 amide bonds. The average molecular weight is 338 g/mol. The van der Waals surface area contributed by atoms with Gasteiger partial charge in [0.15, 0.2) is 5.78 Å². The normalized spacial score (nSPS) is 12.0. The van der Waals surface area contributed by atoms with E-state index >= 15 is 0 Å². The lowest BCUT2D eigenvalue weighted by molar-refractivity contribution is 0.0833. The van der Waals surface area contributed by atoms with Crippen molar-refractivity contribution >= 4 is 11.4 Å². The van der Waals surface area contributed by atoms with Gasteiger partial charge in [0.2, 0.25) is 0 Å². The van der Waals surface area contributed by atoms with Gasteiger partial charge in [0.25, 0.3) is 0 Å². The number of hydrogen-bond donors (Lipinski definition) is 1. The van der Waals surface area contributed by atoms with E-state index in [2.05, 4.69) is 11.8 Å². The highest BCUT2D eigenvalue weighted by Gasteiger charge is 2.22. The van der Waals surface area contributed by atoms with E-state index in [0.717, 1.165) is 11.1 Å². The van der Waals surface area contributed by atoms with Gasteiger partial charge >= 0.3 is 0 Å². The van der Waals surface area contributed by atoms with Crippen molar-refractivity contribution in [3.8, 4) is 11.8 Å². The van der Waals surface area contributed by atoms with Gasteiger partial charge in [0.1, 0.15) is 6.10 Å². The van der Waals surface area contributed by atoms with Gasteiger partial charge in [-0.25, -0.2) is 0 Å². The minimum absolute atomic E-state index is 0.345. The quantitative estimate of drug-likeness (QED) is 0.567. The Hall–Kier alpha value is -3.41. The molecule has 1 N–H and O–H groups in total. The molecule has 0 radical (unpaired) electrons. The van der Waals surface area contributed by atoms with Gasteiger partial charge in [0.05, 0.1) is 0 Å². The number of Topliss-reactive ketones (excluding diaryl/α,β-unsaturated/α-hetero) is 1. The molecule has 0 bridgehead atoms. The molecule has 0 spiro atoms. The maximum absolute atomic E-state index is 12.7. The van der Waals surface area contributed by atoms with Gasteiger partial charge in [-0.05, 0) is 23.8 Å². The van der Waals surface area contributed by atoms with Crippen LogP contribution in [-0.4, -0.2) is 17.0 Å². The lowest BCUT2D eigenvalue weighted by Crippen LogP contribution is -2.22. The molecule has 1 atom stereocenters. The summed E-state index contributed by atoms with van der Waals surface area (Å²) in [5, 5.41) is 10.7. The fourth-order valence-corrected chi connectivity index (χ4v) is 2.57. The Morgan fingerprint density at radius 2 is 1.27 bits per heavy atom. The number of carbonyl (C=O) groups excluding carboxylic acids is 1. The molecule has 0 aliphatic heterocycles. The summed E-state index contributed by atoms with van der Waals surface area (Å²) >= 11 is 0. The van der Waals surface area contributed by atoms with Crippen molar-refractivity contribution in [3.05, 3.63) is 114 Å². The second-order valence-electron chi connectivity index (χ2n) is 5.73. The summed E-state index contributed by atoms with van der Waals surface area (Å²) < 4.78 is 0.